The Morgan fingerprint density at radius 2 is 1.69 bits per heavy atom. The van der Waals surface area contributed by atoms with E-state index in [2.05, 4.69) is 5.32 Å². The fourth-order valence-corrected chi connectivity index (χ4v) is 2.49. The third-order valence-electron chi connectivity index (χ3n) is 4.39. The van der Waals surface area contributed by atoms with Gasteiger partial charge in [0.2, 0.25) is 5.91 Å². The fraction of sp³-hybridized carbons (Fsp3) is 0.350. The highest BCUT2D eigenvalue weighted by molar-refractivity contribution is 5.85. The molecule has 1 amide bonds. The molecular formula is C20H26ClFN2O2. The second-order valence-corrected chi connectivity index (χ2v) is 6.31. The molecule has 0 fully saturated rings. The molecular weight excluding hydrogens is 355 g/mol. The van der Waals surface area contributed by atoms with E-state index in [9.17, 15) is 9.18 Å². The fourth-order valence-electron chi connectivity index (χ4n) is 2.49. The normalized spacial score (nSPS) is 13.9. The summed E-state index contributed by atoms with van der Waals surface area (Å²) in [6.07, 6.45) is 0.560. The van der Waals surface area contributed by atoms with Crippen LogP contribution in [-0.2, 0) is 11.2 Å². The maximum Gasteiger partial charge on any atom is 0.224 e. The summed E-state index contributed by atoms with van der Waals surface area (Å²) in [5, 5.41) is 3.06. The molecule has 0 aliphatic carbocycles. The highest BCUT2D eigenvalue weighted by Gasteiger charge is 2.22. The Labute approximate surface area is 160 Å². The lowest BCUT2D eigenvalue weighted by atomic mass is 9.96. The zero-order valence-corrected chi connectivity index (χ0v) is 16.1. The smallest absolute Gasteiger partial charge is 0.224 e. The number of rotatable bonds is 7. The molecule has 0 heterocycles. The summed E-state index contributed by atoms with van der Waals surface area (Å²) in [6.45, 7) is 3.62. The summed E-state index contributed by atoms with van der Waals surface area (Å²) < 4.78 is 18.3. The molecule has 6 heteroatoms. The predicted molar refractivity (Wildman–Crippen MR) is 104 cm³/mol. The van der Waals surface area contributed by atoms with Gasteiger partial charge in [-0.1, -0.05) is 31.2 Å². The third-order valence-corrected chi connectivity index (χ3v) is 4.39. The van der Waals surface area contributed by atoms with Gasteiger partial charge < -0.3 is 15.8 Å². The standard InChI is InChI=1S/C20H25FN2O2.ClH/c1-13(14(2)22)20(24)23-19(12-15-4-8-17(21)9-5-15)16-6-10-18(25-3)11-7-16;/h4-11,13-14,19H,12,22H2,1-3H3,(H,23,24);1H. The number of nitrogens with two attached hydrogens (primary N) is 1. The Balaban J connectivity index is 0.00000338. The Hall–Kier alpha value is -2.11. The molecule has 0 radical (unpaired) electrons. The maximum atomic E-state index is 13.1. The molecule has 2 rings (SSSR count). The number of halogens is 2. The first-order chi connectivity index (χ1) is 11.9. The maximum absolute atomic E-state index is 13.1. The molecule has 3 N–H and O–H groups in total. The van der Waals surface area contributed by atoms with Crippen LogP contribution in [-0.4, -0.2) is 19.1 Å². The zero-order chi connectivity index (χ0) is 18.4. The van der Waals surface area contributed by atoms with Gasteiger partial charge in [0.05, 0.1) is 13.2 Å². The van der Waals surface area contributed by atoms with Crippen LogP contribution in [0.2, 0.25) is 0 Å². The molecule has 26 heavy (non-hydrogen) atoms. The van der Waals surface area contributed by atoms with E-state index in [1.807, 2.05) is 38.1 Å². The topological polar surface area (TPSA) is 64.3 Å². The molecule has 0 saturated heterocycles. The molecule has 4 nitrogen and oxygen atoms in total. The average Bonchev–Trinajstić information content (AvgIpc) is 2.62. The Morgan fingerprint density at radius 1 is 1.12 bits per heavy atom. The van der Waals surface area contributed by atoms with Crippen molar-refractivity contribution in [3.8, 4) is 5.75 Å². The van der Waals surface area contributed by atoms with Crippen LogP contribution in [0.25, 0.3) is 0 Å². The van der Waals surface area contributed by atoms with Crippen molar-refractivity contribution in [2.75, 3.05) is 7.11 Å². The van der Waals surface area contributed by atoms with E-state index in [0.29, 0.717) is 6.42 Å². The summed E-state index contributed by atoms with van der Waals surface area (Å²) in [4.78, 5) is 12.5. The van der Waals surface area contributed by atoms with Crippen LogP contribution in [0.3, 0.4) is 0 Å². The Bertz CT molecular complexity index is 690. The largest absolute Gasteiger partial charge is 0.497 e. The Kier molecular flexibility index (Phi) is 8.55. The van der Waals surface area contributed by atoms with Gasteiger partial charge in [-0.05, 0) is 48.7 Å². The number of carbonyl (C=O) groups is 1. The third kappa shape index (κ3) is 6.00. The van der Waals surface area contributed by atoms with Gasteiger partial charge in [-0.3, -0.25) is 4.79 Å². The first-order valence-electron chi connectivity index (χ1n) is 8.35. The number of carbonyl (C=O) groups excluding carboxylic acids is 1. The van der Waals surface area contributed by atoms with Crippen molar-refractivity contribution >= 4 is 18.3 Å². The minimum absolute atomic E-state index is 0. The number of nitrogens with one attached hydrogen (secondary N) is 1. The van der Waals surface area contributed by atoms with Gasteiger partial charge >= 0.3 is 0 Å². The summed E-state index contributed by atoms with van der Waals surface area (Å²) in [5.41, 5.74) is 7.73. The summed E-state index contributed by atoms with van der Waals surface area (Å²) in [7, 11) is 1.61. The molecule has 0 aliphatic rings. The van der Waals surface area contributed by atoms with E-state index in [-0.39, 0.29) is 42.1 Å². The second kappa shape index (κ2) is 10.1. The van der Waals surface area contributed by atoms with Crippen LogP contribution in [0.1, 0.15) is 31.0 Å². The lowest BCUT2D eigenvalue weighted by Crippen LogP contribution is -2.40. The van der Waals surface area contributed by atoms with E-state index >= 15 is 0 Å². The molecule has 0 aliphatic heterocycles. The molecule has 3 atom stereocenters. The van der Waals surface area contributed by atoms with E-state index in [1.165, 1.54) is 12.1 Å². The van der Waals surface area contributed by atoms with Crippen LogP contribution in [0.5, 0.6) is 5.75 Å². The van der Waals surface area contributed by atoms with E-state index in [0.717, 1.165) is 16.9 Å². The number of benzene rings is 2. The number of hydrogen-bond donors (Lipinski definition) is 2. The number of methoxy groups -OCH3 is 1. The van der Waals surface area contributed by atoms with E-state index < -0.39 is 0 Å². The summed E-state index contributed by atoms with van der Waals surface area (Å²) in [6, 6.07) is 13.4. The van der Waals surface area contributed by atoms with Crippen molar-refractivity contribution in [2.24, 2.45) is 11.7 Å². The molecule has 142 valence electrons. The average molecular weight is 381 g/mol. The first-order valence-corrected chi connectivity index (χ1v) is 8.35. The minimum Gasteiger partial charge on any atom is -0.497 e. The highest BCUT2D eigenvalue weighted by atomic mass is 35.5. The van der Waals surface area contributed by atoms with Gasteiger partial charge in [0.25, 0.3) is 0 Å². The molecule has 2 aromatic carbocycles. The van der Waals surface area contributed by atoms with Gasteiger partial charge in [0.1, 0.15) is 11.6 Å². The SMILES string of the molecule is COc1ccc(C(Cc2ccc(F)cc2)NC(=O)C(C)C(C)N)cc1.Cl. The van der Waals surface area contributed by atoms with Crippen molar-refractivity contribution in [3.05, 3.63) is 65.5 Å². The van der Waals surface area contributed by atoms with Gasteiger partial charge in [0, 0.05) is 12.0 Å². The monoisotopic (exact) mass is 380 g/mol. The van der Waals surface area contributed by atoms with Crippen LogP contribution in [0.4, 0.5) is 4.39 Å². The quantitative estimate of drug-likeness (QED) is 0.770. The minimum atomic E-state index is -0.297. The van der Waals surface area contributed by atoms with Crippen LogP contribution < -0.4 is 15.8 Å². The predicted octanol–water partition coefficient (Wildman–Crippen LogP) is 3.64. The van der Waals surface area contributed by atoms with Gasteiger partial charge in [-0.2, -0.15) is 0 Å². The lowest BCUT2D eigenvalue weighted by molar-refractivity contribution is -0.125. The van der Waals surface area contributed by atoms with Gasteiger partial charge in [-0.15, -0.1) is 12.4 Å². The molecule has 3 unspecified atom stereocenters. The van der Waals surface area contributed by atoms with Crippen molar-refractivity contribution in [3.63, 3.8) is 0 Å². The molecule has 0 spiro atoms. The van der Waals surface area contributed by atoms with Crippen LogP contribution in [0, 0.1) is 11.7 Å². The van der Waals surface area contributed by atoms with Crippen molar-refractivity contribution in [2.45, 2.75) is 32.4 Å². The lowest BCUT2D eigenvalue weighted by Gasteiger charge is -2.23. The van der Waals surface area contributed by atoms with E-state index in [4.69, 9.17) is 10.5 Å². The second-order valence-electron chi connectivity index (χ2n) is 6.31. The van der Waals surface area contributed by atoms with Crippen LogP contribution in [0.15, 0.2) is 48.5 Å². The highest BCUT2D eigenvalue weighted by Crippen LogP contribution is 2.22. The number of amides is 1. The first kappa shape index (κ1) is 21.9. The van der Waals surface area contributed by atoms with Crippen molar-refractivity contribution in [1.82, 2.24) is 5.32 Å². The molecule has 0 saturated carbocycles. The Morgan fingerprint density at radius 3 is 2.19 bits per heavy atom. The summed E-state index contributed by atoms with van der Waals surface area (Å²) in [5.74, 6) is 0.0748. The van der Waals surface area contributed by atoms with Gasteiger partial charge in [-0.25, -0.2) is 4.39 Å². The van der Waals surface area contributed by atoms with Crippen molar-refractivity contribution in [1.29, 1.82) is 0 Å². The molecule has 0 bridgehead atoms. The molecule has 0 aromatic heterocycles. The summed E-state index contributed by atoms with van der Waals surface area (Å²) >= 11 is 0. The van der Waals surface area contributed by atoms with Gasteiger partial charge in [0.15, 0.2) is 0 Å². The zero-order valence-electron chi connectivity index (χ0n) is 15.2. The van der Waals surface area contributed by atoms with Crippen LogP contribution >= 0.6 is 12.4 Å². The number of ether oxygens (including phenoxy) is 1. The van der Waals surface area contributed by atoms with Crippen molar-refractivity contribution < 1.29 is 13.9 Å². The molecule has 2 aromatic rings. The number of hydrogen-bond acceptors (Lipinski definition) is 3. The van der Waals surface area contributed by atoms with E-state index in [1.54, 1.807) is 19.2 Å².